The molecule has 0 aliphatic carbocycles. The Morgan fingerprint density at radius 3 is 2.24 bits per heavy atom. The quantitative estimate of drug-likeness (QED) is 0.561. The monoisotopic (exact) mass is 452 g/mol. The number of hydrogen-bond acceptors (Lipinski definition) is 3. The fourth-order valence-electron chi connectivity index (χ4n) is 2.63. The summed E-state index contributed by atoms with van der Waals surface area (Å²) in [5, 5.41) is 2.70. The molecule has 1 heterocycles. The Bertz CT molecular complexity index is 1050. The lowest BCUT2D eigenvalue weighted by Gasteiger charge is -2.14. The standard InChI is InChI=1S/C23H21BrN2O3/c1-15-4-6-17(7-5-15)22(27)25-20(23(28)26(2)3)14-19-12-13-21(29-19)16-8-10-18(24)11-9-16/h4-14H,1-3H3,(H,25,27)/b20-14+. The molecule has 6 heteroatoms. The van der Waals surface area contributed by atoms with Crippen molar-refractivity contribution in [2.75, 3.05) is 14.1 Å². The van der Waals surface area contributed by atoms with Gasteiger partial charge in [-0.15, -0.1) is 0 Å². The van der Waals surface area contributed by atoms with Crippen molar-refractivity contribution in [3.8, 4) is 11.3 Å². The van der Waals surface area contributed by atoms with E-state index in [1.807, 2.05) is 49.4 Å². The number of halogens is 1. The molecule has 0 saturated carbocycles. The minimum absolute atomic E-state index is 0.136. The van der Waals surface area contributed by atoms with Gasteiger partial charge in [0.05, 0.1) is 0 Å². The van der Waals surface area contributed by atoms with Gasteiger partial charge in [0.25, 0.3) is 11.8 Å². The lowest BCUT2D eigenvalue weighted by molar-refractivity contribution is -0.124. The zero-order valence-corrected chi connectivity index (χ0v) is 18.0. The van der Waals surface area contributed by atoms with Crippen LogP contribution >= 0.6 is 15.9 Å². The van der Waals surface area contributed by atoms with Crippen LogP contribution in [0.1, 0.15) is 21.7 Å². The molecule has 5 nitrogen and oxygen atoms in total. The van der Waals surface area contributed by atoms with E-state index in [0.717, 1.165) is 15.6 Å². The Morgan fingerprint density at radius 2 is 1.62 bits per heavy atom. The van der Waals surface area contributed by atoms with Crippen LogP contribution in [0.15, 0.2) is 75.3 Å². The number of nitrogens with one attached hydrogen (secondary N) is 1. The molecule has 2 aromatic carbocycles. The zero-order valence-electron chi connectivity index (χ0n) is 16.4. The van der Waals surface area contributed by atoms with Crippen molar-refractivity contribution in [3.63, 3.8) is 0 Å². The number of likely N-dealkylation sites (N-methyl/N-ethyl adjacent to an activating group) is 1. The molecule has 0 unspecified atom stereocenters. The van der Waals surface area contributed by atoms with E-state index in [1.165, 1.54) is 11.0 Å². The van der Waals surface area contributed by atoms with Crippen LogP contribution in [0.2, 0.25) is 0 Å². The van der Waals surface area contributed by atoms with Crippen LogP contribution in [0.3, 0.4) is 0 Å². The molecule has 2 amide bonds. The zero-order chi connectivity index (χ0) is 21.0. The van der Waals surface area contributed by atoms with Gasteiger partial charge in [0.2, 0.25) is 0 Å². The van der Waals surface area contributed by atoms with Crippen molar-refractivity contribution < 1.29 is 14.0 Å². The first-order chi connectivity index (χ1) is 13.8. The van der Waals surface area contributed by atoms with Gasteiger partial charge in [-0.1, -0.05) is 45.8 Å². The molecule has 0 spiro atoms. The van der Waals surface area contributed by atoms with Gasteiger partial charge in [0.15, 0.2) is 0 Å². The van der Waals surface area contributed by atoms with Crippen molar-refractivity contribution in [2.45, 2.75) is 6.92 Å². The van der Waals surface area contributed by atoms with Crippen molar-refractivity contribution in [2.24, 2.45) is 0 Å². The van der Waals surface area contributed by atoms with Gasteiger partial charge in [-0.2, -0.15) is 0 Å². The number of carbonyl (C=O) groups is 2. The van der Waals surface area contributed by atoms with E-state index in [2.05, 4.69) is 21.2 Å². The normalized spacial score (nSPS) is 11.2. The van der Waals surface area contributed by atoms with Gasteiger partial charge in [-0.05, 0) is 43.3 Å². The Kier molecular flexibility index (Phi) is 6.34. The van der Waals surface area contributed by atoms with Gasteiger partial charge in [0, 0.05) is 35.8 Å². The Morgan fingerprint density at radius 1 is 0.966 bits per heavy atom. The van der Waals surface area contributed by atoms with E-state index in [1.54, 1.807) is 32.3 Å². The van der Waals surface area contributed by atoms with E-state index in [0.29, 0.717) is 17.1 Å². The highest BCUT2D eigenvalue weighted by Crippen LogP contribution is 2.25. The van der Waals surface area contributed by atoms with Gasteiger partial charge >= 0.3 is 0 Å². The highest BCUT2D eigenvalue weighted by molar-refractivity contribution is 9.10. The first kappa shape index (κ1) is 20.6. The largest absolute Gasteiger partial charge is 0.457 e. The van der Waals surface area contributed by atoms with E-state index in [-0.39, 0.29) is 17.5 Å². The second kappa shape index (κ2) is 8.92. The third kappa shape index (κ3) is 5.23. The summed E-state index contributed by atoms with van der Waals surface area (Å²) in [6, 6.07) is 18.5. The van der Waals surface area contributed by atoms with E-state index < -0.39 is 0 Å². The lowest BCUT2D eigenvalue weighted by Crippen LogP contribution is -2.34. The smallest absolute Gasteiger partial charge is 0.269 e. The fourth-order valence-corrected chi connectivity index (χ4v) is 2.90. The third-order valence-electron chi connectivity index (χ3n) is 4.24. The number of amides is 2. The molecule has 3 aromatic rings. The summed E-state index contributed by atoms with van der Waals surface area (Å²) in [4.78, 5) is 26.6. The van der Waals surface area contributed by atoms with Gasteiger partial charge in [-0.25, -0.2) is 0 Å². The van der Waals surface area contributed by atoms with E-state index in [9.17, 15) is 9.59 Å². The van der Waals surface area contributed by atoms with E-state index in [4.69, 9.17) is 4.42 Å². The Hall–Kier alpha value is -3.12. The number of rotatable bonds is 5. The second-order valence-electron chi connectivity index (χ2n) is 6.79. The minimum atomic E-state index is -0.355. The van der Waals surface area contributed by atoms with Crippen molar-refractivity contribution in [1.29, 1.82) is 0 Å². The van der Waals surface area contributed by atoms with Gasteiger partial charge in [-0.3, -0.25) is 9.59 Å². The SMILES string of the molecule is Cc1ccc(C(=O)N/C(=C/c2ccc(-c3ccc(Br)cc3)o2)C(=O)N(C)C)cc1. The predicted molar refractivity (Wildman–Crippen MR) is 117 cm³/mol. The average molecular weight is 453 g/mol. The summed E-state index contributed by atoms with van der Waals surface area (Å²) in [6.45, 7) is 1.95. The Balaban J connectivity index is 1.87. The van der Waals surface area contributed by atoms with Crippen molar-refractivity contribution in [1.82, 2.24) is 10.2 Å². The van der Waals surface area contributed by atoms with Gasteiger partial charge in [0.1, 0.15) is 17.2 Å². The highest BCUT2D eigenvalue weighted by Gasteiger charge is 2.17. The number of furan rings is 1. The second-order valence-corrected chi connectivity index (χ2v) is 7.70. The summed E-state index contributed by atoms with van der Waals surface area (Å²) >= 11 is 3.41. The summed E-state index contributed by atoms with van der Waals surface area (Å²) < 4.78 is 6.84. The van der Waals surface area contributed by atoms with Crippen LogP contribution in [-0.4, -0.2) is 30.8 Å². The summed E-state index contributed by atoms with van der Waals surface area (Å²) in [5.41, 5.74) is 2.58. The number of aryl methyl sites for hydroxylation is 1. The maximum atomic E-state index is 12.6. The van der Waals surface area contributed by atoms with Crippen LogP contribution in [0.25, 0.3) is 17.4 Å². The Labute approximate surface area is 178 Å². The molecule has 1 aromatic heterocycles. The molecular weight excluding hydrogens is 432 g/mol. The maximum absolute atomic E-state index is 12.6. The molecular formula is C23H21BrN2O3. The van der Waals surface area contributed by atoms with Crippen LogP contribution in [0.5, 0.6) is 0 Å². The van der Waals surface area contributed by atoms with Crippen LogP contribution in [0.4, 0.5) is 0 Å². The molecule has 148 valence electrons. The summed E-state index contributed by atoms with van der Waals surface area (Å²) in [6.07, 6.45) is 1.54. The number of nitrogens with zero attached hydrogens (tertiary/aromatic N) is 1. The predicted octanol–water partition coefficient (Wildman–Crippen LogP) is 4.88. The average Bonchev–Trinajstić information content (AvgIpc) is 3.16. The molecule has 0 bridgehead atoms. The highest BCUT2D eigenvalue weighted by atomic mass is 79.9. The molecule has 0 aliphatic rings. The van der Waals surface area contributed by atoms with Crippen molar-refractivity contribution in [3.05, 3.63) is 87.7 Å². The molecule has 3 rings (SSSR count). The molecule has 1 N–H and O–H groups in total. The maximum Gasteiger partial charge on any atom is 0.269 e. The van der Waals surface area contributed by atoms with Gasteiger partial charge < -0.3 is 14.6 Å². The van der Waals surface area contributed by atoms with Crippen LogP contribution in [-0.2, 0) is 4.79 Å². The molecule has 0 radical (unpaired) electrons. The number of carbonyl (C=O) groups excluding carboxylic acids is 2. The van der Waals surface area contributed by atoms with E-state index >= 15 is 0 Å². The lowest BCUT2D eigenvalue weighted by atomic mass is 10.1. The molecule has 29 heavy (non-hydrogen) atoms. The number of benzene rings is 2. The summed E-state index contributed by atoms with van der Waals surface area (Å²) in [7, 11) is 3.26. The molecule has 0 fully saturated rings. The van der Waals surface area contributed by atoms with Crippen LogP contribution < -0.4 is 5.32 Å². The molecule has 0 saturated heterocycles. The summed E-state index contributed by atoms with van der Waals surface area (Å²) in [5.74, 6) is 0.459. The molecule has 0 atom stereocenters. The first-order valence-electron chi connectivity index (χ1n) is 9.00. The topological polar surface area (TPSA) is 62.6 Å². The van der Waals surface area contributed by atoms with Crippen molar-refractivity contribution >= 4 is 33.8 Å². The third-order valence-corrected chi connectivity index (χ3v) is 4.77. The fraction of sp³-hybridized carbons (Fsp3) is 0.130. The number of hydrogen-bond donors (Lipinski definition) is 1. The molecule has 0 aliphatic heterocycles. The minimum Gasteiger partial charge on any atom is -0.457 e. The van der Waals surface area contributed by atoms with Crippen LogP contribution in [0, 0.1) is 6.92 Å². The first-order valence-corrected chi connectivity index (χ1v) is 9.80.